The SMILES string of the molecule is O=C(O)COc1cccc(NC(=O)CCN2C(=O)c3ccc([N+](=O)[O-])cc3C2=O)c1. The number of nitrogens with zero attached hydrogens (tertiary/aromatic N) is 2. The first kappa shape index (κ1) is 20.5. The highest BCUT2D eigenvalue weighted by atomic mass is 16.6. The van der Waals surface area contributed by atoms with Crippen molar-refractivity contribution in [2.75, 3.05) is 18.5 Å². The number of aliphatic carboxylic acids is 1. The molecule has 154 valence electrons. The average molecular weight is 413 g/mol. The Morgan fingerprint density at radius 2 is 1.83 bits per heavy atom. The Balaban J connectivity index is 1.60. The molecule has 30 heavy (non-hydrogen) atoms. The molecule has 0 aliphatic carbocycles. The Labute approximate surface area is 169 Å². The number of carboxylic acid groups (broad SMARTS) is 1. The van der Waals surface area contributed by atoms with Gasteiger partial charge in [0.25, 0.3) is 17.5 Å². The molecule has 0 bridgehead atoms. The number of nitro benzene ring substituents is 1. The summed E-state index contributed by atoms with van der Waals surface area (Å²) in [6, 6.07) is 9.48. The molecule has 3 amide bonds. The van der Waals surface area contributed by atoms with Crippen LogP contribution in [0.25, 0.3) is 0 Å². The van der Waals surface area contributed by atoms with Gasteiger partial charge in [0, 0.05) is 36.9 Å². The van der Waals surface area contributed by atoms with Crippen LogP contribution in [0.1, 0.15) is 27.1 Å². The zero-order chi connectivity index (χ0) is 21.8. The number of anilines is 1. The number of imide groups is 1. The fourth-order valence-electron chi connectivity index (χ4n) is 2.84. The number of nitro groups is 1. The second-order valence-corrected chi connectivity index (χ2v) is 6.26. The van der Waals surface area contributed by atoms with E-state index >= 15 is 0 Å². The summed E-state index contributed by atoms with van der Waals surface area (Å²) in [5, 5.41) is 22.1. The number of fused-ring (bicyclic) bond motifs is 1. The highest BCUT2D eigenvalue weighted by Gasteiger charge is 2.36. The van der Waals surface area contributed by atoms with Gasteiger partial charge in [-0.05, 0) is 18.2 Å². The molecule has 0 fully saturated rings. The van der Waals surface area contributed by atoms with Gasteiger partial charge in [0.05, 0.1) is 16.1 Å². The lowest BCUT2D eigenvalue weighted by Crippen LogP contribution is -2.32. The number of hydrogen-bond donors (Lipinski definition) is 2. The highest BCUT2D eigenvalue weighted by Crippen LogP contribution is 2.27. The molecule has 1 heterocycles. The second-order valence-electron chi connectivity index (χ2n) is 6.26. The number of carboxylic acids is 1. The van der Waals surface area contributed by atoms with E-state index in [9.17, 15) is 29.3 Å². The Hall–Kier alpha value is -4.28. The van der Waals surface area contributed by atoms with Gasteiger partial charge in [-0.2, -0.15) is 0 Å². The predicted octanol–water partition coefficient (Wildman–Crippen LogP) is 1.68. The molecule has 0 saturated carbocycles. The number of ether oxygens (including phenoxy) is 1. The van der Waals surface area contributed by atoms with Crippen molar-refractivity contribution in [3.05, 3.63) is 63.7 Å². The molecule has 11 heteroatoms. The first-order chi connectivity index (χ1) is 14.3. The van der Waals surface area contributed by atoms with Crippen LogP contribution in [0.2, 0.25) is 0 Å². The van der Waals surface area contributed by atoms with Crippen LogP contribution in [0, 0.1) is 10.1 Å². The molecule has 3 rings (SSSR count). The van der Waals surface area contributed by atoms with Crippen molar-refractivity contribution in [3.8, 4) is 5.75 Å². The number of carbonyl (C=O) groups excluding carboxylic acids is 3. The van der Waals surface area contributed by atoms with Gasteiger partial charge in [-0.25, -0.2) is 4.79 Å². The van der Waals surface area contributed by atoms with E-state index < -0.39 is 35.2 Å². The summed E-state index contributed by atoms with van der Waals surface area (Å²) < 4.78 is 5.03. The molecule has 1 aliphatic rings. The minimum atomic E-state index is -1.14. The monoisotopic (exact) mass is 413 g/mol. The maximum atomic E-state index is 12.4. The van der Waals surface area contributed by atoms with Gasteiger partial charge in [-0.3, -0.25) is 29.4 Å². The van der Waals surface area contributed by atoms with E-state index in [1.165, 1.54) is 18.2 Å². The van der Waals surface area contributed by atoms with Crippen LogP contribution in [0.3, 0.4) is 0 Å². The van der Waals surface area contributed by atoms with E-state index in [0.717, 1.165) is 17.0 Å². The molecule has 0 spiro atoms. The van der Waals surface area contributed by atoms with E-state index in [4.69, 9.17) is 9.84 Å². The molecule has 2 aromatic rings. The van der Waals surface area contributed by atoms with E-state index in [-0.39, 0.29) is 35.5 Å². The smallest absolute Gasteiger partial charge is 0.341 e. The van der Waals surface area contributed by atoms with Gasteiger partial charge in [-0.1, -0.05) is 6.07 Å². The lowest BCUT2D eigenvalue weighted by Gasteiger charge is -2.13. The lowest BCUT2D eigenvalue weighted by atomic mass is 10.1. The van der Waals surface area contributed by atoms with Gasteiger partial charge in [0.15, 0.2) is 6.61 Å². The Bertz CT molecular complexity index is 1070. The normalized spacial score (nSPS) is 12.5. The lowest BCUT2D eigenvalue weighted by molar-refractivity contribution is -0.384. The number of non-ortho nitro benzene ring substituents is 1. The second kappa shape index (κ2) is 8.39. The Kier molecular flexibility index (Phi) is 5.72. The number of rotatable bonds is 8. The number of nitrogens with one attached hydrogen (secondary N) is 1. The van der Waals surface area contributed by atoms with Crippen molar-refractivity contribution in [1.82, 2.24) is 4.90 Å². The molecule has 0 radical (unpaired) electrons. The Morgan fingerprint density at radius 1 is 1.10 bits per heavy atom. The summed E-state index contributed by atoms with van der Waals surface area (Å²) in [7, 11) is 0. The van der Waals surface area contributed by atoms with Crippen LogP contribution in [0.4, 0.5) is 11.4 Å². The molecule has 0 aromatic heterocycles. The van der Waals surface area contributed by atoms with Gasteiger partial charge >= 0.3 is 5.97 Å². The zero-order valence-corrected chi connectivity index (χ0v) is 15.4. The van der Waals surface area contributed by atoms with E-state index in [0.29, 0.717) is 5.69 Å². The summed E-state index contributed by atoms with van der Waals surface area (Å²) >= 11 is 0. The fraction of sp³-hybridized carbons (Fsp3) is 0.158. The fourth-order valence-corrected chi connectivity index (χ4v) is 2.84. The first-order valence-electron chi connectivity index (χ1n) is 8.65. The first-order valence-corrected chi connectivity index (χ1v) is 8.65. The molecule has 0 saturated heterocycles. The van der Waals surface area contributed by atoms with Crippen molar-refractivity contribution in [1.29, 1.82) is 0 Å². The number of amides is 3. The van der Waals surface area contributed by atoms with Crippen LogP contribution in [0.5, 0.6) is 5.75 Å². The van der Waals surface area contributed by atoms with Gasteiger partial charge in [0.1, 0.15) is 5.75 Å². The number of hydrogen-bond acceptors (Lipinski definition) is 7. The third-order valence-corrected chi connectivity index (χ3v) is 4.21. The van der Waals surface area contributed by atoms with Crippen LogP contribution < -0.4 is 10.1 Å². The molecule has 0 unspecified atom stereocenters. The summed E-state index contributed by atoms with van der Waals surface area (Å²) in [5.41, 5.74) is 0.0209. The minimum Gasteiger partial charge on any atom is -0.482 e. The average Bonchev–Trinajstić information content (AvgIpc) is 2.94. The van der Waals surface area contributed by atoms with Crippen LogP contribution in [-0.2, 0) is 9.59 Å². The predicted molar refractivity (Wildman–Crippen MR) is 101 cm³/mol. The van der Waals surface area contributed by atoms with Crippen molar-refractivity contribution in [3.63, 3.8) is 0 Å². The summed E-state index contributed by atoms with van der Waals surface area (Å²) in [5.74, 6) is -2.71. The summed E-state index contributed by atoms with van der Waals surface area (Å²) in [6.45, 7) is -0.740. The zero-order valence-electron chi connectivity index (χ0n) is 15.4. The maximum Gasteiger partial charge on any atom is 0.341 e. The Morgan fingerprint density at radius 3 is 2.53 bits per heavy atom. The van der Waals surface area contributed by atoms with E-state index in [2.05, 4.69) is 5.32 Å². The van der Waals surface area contributed by atoms with Crippen LogP contribution in [0.15, 0.2) is 42.5 Å². The number of benzene rings is 2. The van der Waals surface area contributed by atoms with Crippen molar-refractivity contribution < 1.29 is 33.9 Å². The van der Waals surface area contributed by atoms with Crippen LogP contribution >= 0.6 is 0 Å². The van der Waals surface area contributed by atoms with Crippen LogP contribution in [-0.4, -0.2) is 51.8 Å². The maximum absolute atomic E-state index is 12.4. The van der Waals surface area contributed by atoms with Gasteiger partial charge < -0.3 is 15.2 Å². The van der Waals surface area contributed by atoms with Crippen molar-refractivity contribution in [2.24, 2.45) is 0 Å². The van der Waals surface area contributed by atoms with E-state index in [1.54, 1.807) is 12.1 Å². The topological polar surface area (TPSA) is 156 Å². The third kappa shape index (κ3) is 4.41. The molecule has 1 aliphatic heterocycles. The highest BCUT2D eigenvalue weighted by molar-refractivity contribution is 6.21. The molecule has 2 aromatic carbocycles. The summed E-state index contributed by atoms with van der Waals surface area (Å²) in [6.07, 6.45) is -0.201. The standard InChI is InChI=1S/C19H15N3O8/c23-16(20-11-2-1-3-13(8-11)30-10-17(24)25)6-7-21-18(26)14-5-4-12(22(28)29)9-15(14)19(21)27/h1-5,8-9H,6-7,10H2,(H,20,23)(H,24,25). The molecular formula is C19H15N3O8. The largest absolute Gasteiger partial charge is 0.482 e. The van der Waals surface area contributed by atoms with Gasteiger partial charge in [-0.15, -0.1) is 0 Å². The van der Waals surface area contributed by atoms with Crippen molar-refractivity contribution >= 4 is 35.1 Å². The van der Waals surface area contributed by atoms with E-state index in [1.807, 2.05) is 0 Å². The molecular weight excluding hydrogens is 398 g/mol. The quantitative estimate of drug-likeness (QED) is 0.376. The molecule has 2 N–H and O–H groups in total. The molecule has 11 nitrogen and oxygen atoms in total. The van der Waals surface area contributed by atoms with Gasteiger partial charge in [0.2, 0.25) is 5.91 Å². The minimum absolute atomic E-state index is 0.0503. The third-order valence-electron chi connectivity index (χ3n) is 4.21. The summed E-state index contributed by atoms with van der Waals surface area (Å²) in [4.78, 5) is 58.6. The molecule has 0 atom stereocenters. The van der Waals surface area contributed by atoms with Crippen molar-refractivity contribution in [2.45, 2.75) is 6.42 Å². The number of carbonyl (C=O) groups is 4.